The predicted molar refractivity (Wildman–Crippen MR) is 124 cm³/mol. The van der Waals surface area contributed by atoms with Crippen LogP contribution in [0.1, 0.15) is 61.1 Å². The topological polar surface area (TPSA) is 119 Å². The van der Waals surface area contributed by atoms with Crippen LogP contribution >= 0.6 is 11.6 Å². The van der Waals surface area contributed by atoms with Crippen molar-refractivity contribution in [2.45, 2.75) is 45.7 Å². The third-order valence-electron chi connectivity index (χ3n) is 5.92. The first-order valence-corrected chi connectivity index (χ1v) is 11.0. The van der Waals surface area contributed by atoms with Crippen molar-refractivity contribution in [1.29, 1.82) is 0 Å². The van der Waals surface area contributed by atoms with E-state index in [0.717, 1.165) is 29.5 Å². The van der Waals surface area contributed by atoms with Gasteiger partial charge in [-0.15, -0.1) is 5.10 Å². The summed E-state index contributed by atoms with van der Waals surface area (Å²) < 4.78 is 1.51. The van der Waals surface area contributed by atoms with Gasteiger partial charge in [0.2, 0.25) is 5.95 Å². The Morgan fingerprint density at radius 2 is 2.03 bits per heavy atom. The Bertz CT molecular complexity index is 1190. The first kappa shape index (κ1) is 22.0. The van der Waals surface area contributed by atoms with Crippen molar-refractivity contribution in [1.82, 2.24) is 29.6 Å². The van der Waals surface area contributed by atoms with E-state index in [9.17, 15) is 4.79 Å². The van der Waals surface area contributed by atoms with Gasteiger partial charge in [-0.25, -0.2) is 9.52 Å². The second kappa shape index (κ2) is 8.76. The van der Waals surface area contributed by atoms with Gasteiger partial charge in [0.15, 0.2) is 5.65 Å². The van der Waals surface area contributed by atoms with Crippen LogP contribution in [0.5, 0.6) is 0 Å². The average Bonchev–Trinajstić information content (AvgIpc) is 3.36. The fourth-order valence-electron chi connectivity index (χ4n) is 4.11. The van der Waals surface area contributed by atoms with Crippen LogP contribution < -0.4 is 11.5 Å². The molecule has 4 N–H and O–H groups in total. The van der Waals surface area contributed by atoms with Gasteiger partial charge in [0, 0.05) is 37.4 Å². The largest absolute Gasteiger partial charge is 0.366 e. The molecule has 0 spiro atoms. The molecule has 9 nitrogen and oxygen atoms in total. The van der Waals surface area contributed by atoms with Crippen molar-refractivity contribution in [3.8, 4) is 0 Å². The van der Waals surface area contributed by atoms with E-state index in [4.69, 9.17) is 23.1 Å². The van der Waals surface area contributed by atoms with Crippen LogP contribution in [-0.4, -0.2) is 48.1 Å². The van der Waals surface area contributed by atoms with Crippen LogP contribution in [0.4, 0.5) is 5.95 Å². The number of hydrazine groups is 1. The lowest BCUT2D eigenvalue weighted by Gasteiger charge is -2.39. The average molecular weight is 455 g/mol. The lowest BCUT2D eigenvalue weighted by atomic mass is 10.1. The number of amides is 1. The van der Waals surface area contributed by atoms with Gasteiger partial charge in [-0.1, -0.05) is 25.4 Å². The van der Waals surface area contributed by atoms with E-state index >= 15 is 0 Å². The van der Waals surface area contributed by atoms with Gasteiger partial charge in [-0.2, -0.15) is 4.98 Å². The number of hydrogen-bond donors (Lipinski definition) is 2. The zero-order valence-corrected chi connectivity index (χ0v) is 19.1. The Kier molecular flexibility index (Phi) is 6.03. The molecule has 0 saturated carbocycles. The first-order chi connectivity index (χ1) is 15.3. The molecule has 4 rings (SSSR count). The van der Waals surface area contributed by atoms with Crippen molar-refractivity contribution in [3.05, 3.63) is 58.6 Å². The van der Waals surface area contributed by atoms with Crippen LogP contribution in [0.2, 0.25) is 5.02 Å². The standard InChI is InChI=1S/C22H27ClN8O/c1-4-13(3)30-11-16(12-31(30)19(5-2)14-6-17(23)9-26-8-14)15-7-18(20(24)32)21-27-22(25)28-29(21)10-15/h6-10,12-13,19H,4-5,11H2,1-3H3,(H2,24,32)(H2,25,28). The third-order valence-corrected chi connectivity index (χ3v) is 6.13. The van der Waals surface area contributed by atoms with Gasteiger partial charge >= 0.3 is 0 Å². The highest BCUT2D eigenvalue weighted by molar-refractivity contribution is 6.30. The molecule has 32 heavy (non-hydrogen) atoms. The maximum Gasteiger partial charge on any atom is 0.252 e. The van der Waals surface area contributed by atoms with Gasteiger partial charge < -0.3 is 16.5 Å². The molecule has 4 heterocycles. The number of halogens is 1. The van der Waals surface area contributed by atoms with E-state index in [1.54, 1.807) is 12.3 Å². The smallest absolute Gasteiger partial charge is 0.252 e. The number of aromatic nitrogens is 4. The van der Waals surface area contributed by atoms with Gasteiger partial charge in [0.1, 0.15) is 0 Å². The van der Waals surface area contributed by atoms with Gasteiger partial charge in [0.05, 0.1) is 16.6 Å². The lowest BCUT2D eigenvalue weighted by Crippen LogP contribution is -2.43. The molecule has 1 amide bonds. The van der Waals surface area contributed by atoms with Crippen molar-refractivity contribution in [2.75, 3.05) is 12.3 Å². The monoisotopic (exact) mass is 454 g/mol. The number of nitrogen functional groups attached to an aromatic ring is 1. The molecule has 0 saturated heterocycles. The Morgan fingerprint density at radius 3 is 2.69 bits per heavy atom. The van der Waals surface area contributed by atoms with E-state index in [0.29, 0.717) is 23.3 Å². The van der Waals surface area contributed by atoms with Gasteiger partial charge in [-0.3, -0.25) is 9.78 Å². The number of pyridine rings is 2. The summed E-state index contributed by atoms with van der Waals surface area (Å²) in [7, 11) is 0. The molecule has 2 atom stereocenters. The van der Waals surface area contributed by atoms with Crippen LogP contribution in [0, 0.1) is 0 Å². The molecule has 10 heteroatoms. The summed E-state index contributed by atoms with van der Waals surface area (Å²) in [4.78, 5) is 20.5. The molecule has 1 aliphatic rings. The maximum absolute atomic E-state index is 12.1. The number of fused-ring (bicyclic) bond motifs is 1. The SMILES string of the molecule is CCC(c1cncc(Cl)c1)N1C=C(c2cc(C(N)=O)c3nc(N)nn3c2)CN1C(C)CC. The second-order valence-electron chi connectivity index (χ2n) is 7.99. The molecule has 0 fully saturated rings. The number of nitrogens with two attached hydrogens (primary N) is 2. The van der Waals surface area contributed by atoms with Gasteiger partial charge in [-0.05, 0) is 48.6 Å². The fraction of sp³-hybridized carbons (Fsp3) is 0.364. The normalized spacial score (nSPS) is 16.4. The number of primary amides is 1. The van der Waals surface area contributed by atoms with Crippen LogP contribution in [-0.2, 0) is 0 Å². The lowest BCUT2D eigenvalue weighted by molar-refractivity contribution is -0.0248. The highest BCUT2D eigenvalue weighted by atomic mass is 35.5. The highest BCUT2D eigenvalue weighted by Gasteiger charge is 2.32. The summed E-state index contributed by atoms with van der Waals surface area (Å²) in [6.45, 7) is 7.18. The highest BCUT2D eigenvalue weighted by Crippen LogP contribution is 2.36. The van der Waals surface area contributed by atoms with Crippen LogP contribution in [0.3, 0.4) is 0 Å². The third kappa shape index (κ3) is 4.01. The summed E-state index contributed by atoms with van der Waals surface area (Å²) in [5.74, 6) is -0.484. The molecule has 168 valence electrons. The number of nitrogens with zero attached hydrogens (tertiary/aromatic N) is 6. The van der Waals surface area contributed by atoms with E-state index in [2.05, 4.69) is 52.1 Å². The molecular formula is C22H27ClN8O. The molecule has 0 radical (unpaired) electrons. The number of hydrogen-bond acceptors (Lipinski definition) is 7. The number of carbonyl (C=O) groups excluding carboxylic acids is 1. The van der Waals surface area contributed by atoms with E-state index < -0.39 is 5.91 Å². The Hall–Kier alpha value is -3.17. The quantitative estimate of drug-likeness (QED) is 0.562. The number of rotatable bonds is 7. The van der Waals surface area contributed by atoms with E-state index in [-0.39, 0.29) is 17.6 Å². The second-order valence-corrected chi connectivity index (χ2v) is 8.43. The summed E-state index contributed by atoms with van der Waals surface area (Å²) in [6.07, 6.45) is 9.29. The van der Waals surface area contributed by atoms with Crippen molar-refractivity contribution < 1.29 is 4.79 Å². The molecule has 2 unspecified atom stereocenters. The summed E-state index contributed by atoms with van der Waals surface area (Å²) in [6, 6.07) is 4.08. The van der Waals surface area contributed by atoms with Gasteiger partial charge in [0.25, 0.3) is 5.91 Å². The van der Waals surface area contributed by atoms with E-state index in [1.165, 1.54) is 4.52 Å². The predicted octanol–water partition coefficient (Wildman–Crippen LogP) is 3.28. The fourth-order valence-corrected chi connectivity index (χ4v) is 4.29. The molecule has 1 aliphatic heterocycles. The molecular weight excluding hydrogens is 428 g/mol. The first-order valence-electron chi connectivity index (χ1n) is 10.6. The Balaban J connectivity index is 1.80. The van der Waals surface area contributed by atoms with Crippen molar-refractivity contribution in [2.24, 2.45) is 5.73 Å². The summed E-state index contributed by atoms with van der Waals surface area (Å²) in [5.41, 5.74) is 14.9. The summed E-state index contributed by atoms with van der Waals surface area (Å²) in [5, 5.41) is 9.37. The molecule has 0 bridgehead atoms. The Morgan fingerprint density at radius 1 is 1.25 bits per heavy atom. The minimum Gasteiger partial charge on any atom is -0.366 e. The summed E-state index contributed by atoms with van der Waals surface area (Å²) >= 11 is 6.23. The zero-order valence-electron chi connectivity index (χ0n) is 18.4. The number of carbonyl (C=O) groups is 1. The van der Waals surface area contributed by atoms with Crippen LogP contribution in [0.15, 0.2) is 36.9 Å². The molecule has 0 aromatic carbocycles. The van der Waals surface area contributed by atoms with E-state index in [1.807, 2.05) is 18.5 Å². The van der Waals surface area contributed by atoms with Crippen molar-refractivity contribution in [3.63, 3.8) is 0 Å². The molecule has 3 aromatic heterocycles. The maximum atomic E-state index is 12.1. The van der Waals surface area contributed by atoms with Crippen molar-refractivity contribution >= 4 is 34.7 Å². The molecule has 3 aromatic rings. The number of anilines is 1. The van der Waals surface area contributed by atoms with Crippen LogP contribution in [0.25, 0.3) is 11.2 Å². The minimum atomic E-state index is -0.574. The minimum absolute atomic E-state index is 0.0639. The zero-order chi connectivity index (χ0) is 23.0. The Labute approximate surface area is 191 Å². The molecule has 0 aliphatic carbocycles.